The average molecular weight is 352 g/mol. The van der Waals surface area contributed by atoms with Crippen LogP contribution in [0.5, 0.6) is 0 Å². The lowest BCUT2D eigenvalue weighted by atomic mass is 10.0. The zero-order valence-electron chi connectivity index (χ0n) is 15.4. The van der Waals surface area contributed by atoms with Crippen LogP contribution >= 0.6 is 0 Å². The van der Waals surface area contributed by atoms with E-state index in [4.69, 9.17) is 0 Å². The van der Waals surface area contributed by atoms with Gasteiger partial charge in [0.2, 0.25) is 5.91 Å². The van der Waals surface area contributed by atoms with Crippen molar-refractivity contribution in [1.82, 2.24) is 15.2 Å². The van der Waals surface area contributed by atoms with Gasteiger partial charge >= 0.3 is 0 Å². The van der Waals surface area contributed by atoms with Gasteiger partial charge in [-0.1, -0.05) is 19.1 Å². The van der Waals surface area contributed by atoms with Gasteiger partial charge in [0.15, 0.2) is 0 Å². The highest BCUT2D eigenvalue weighted by Crippen LogP contribution is 2.23. The standard InChI is InChI=1S/C20H24N4O2/c1-4-18-19(25)22-9-10-24(18)20(26)16-11-15(12-21-13-16)14-5-7-17(8-6-14)23(2)3/h5-8,11-13,18H,4,9-10H2,1-3H3,(H,22,25)/t18-/m1/s1. The van der Waals surface area contributed by atoms with Crippen LogP contribution in [0.25, 0.3) is 11.1 Å². The van der Waals surface area contributed by atoms with E-state index in [0.717, 1.165) is 16.8 Å². The van der Waals surface area contributed by atoms with E-state index in [1.165, 1.54) is 0 Å². The van der Waals surface area contributed by atoms with Crippen molar-refractivity contribution in [3.05, 3.63) is 48.3 Å². The molecule has 1 aromatic carbocycles. The van der Waals surface area contributed by atoms with Crippen molar-refractivity contribution in [3.8, 4) is 11.1 Å². The van der Waals surface area contributed by atoms with Gasteiger partial charge in [0.1, 0.15) is 6.04 Å². The van der Waals surface area contributed by atoms with E-state index in [-0.39, 0.29) is 11.8 Å². The first kappa shape index (κ1) is 17.9. The lowest BCUT2D eigenvalue weighted by molar-refractivity contribution is -0.127. The molecule has 1 atom stereocenters. The molecule has 0 unspecified atom stereocenters. The molecule has 1 aromatic heterocycles. The predicted molar refractivity (Wildman–Crippen MR) is 102 cm³/mol. The van der Waals surface area contributed by atoms with Crippen molar-refractivity contribution >= 4 is 17.5 Å². The second-order valence-corrected chi connectivity index (χ2v) is 6.62. The minimum atomic E-state index is -0.417. The Hall–Kier alpha value is -2.89. The van der Waals surface area contributed by atoms with E-state index in [1.54, 1.807) is 17.3 Å². The molecule has 136 valence electrons. The van der Waals surface area contributed by atoms with E-state index < -0.39 is 6.04 Å². The summed E-state index contributed by atoms with van der Waals surface area (Å²) in [6.07, 6.45) is 3.91. The Morgan fingerprint density at radius 3 is 2.62 bits per heavy atom. The molecule has 0 spiro atoms. The van der Waals surface area contributed by atoms with E-state index in [9.17, 15) is 9.59 Å². The lowest BCUT2D eigenvalue weighted by Gasteiger charge is -2.34. The molecule has 1 fully saturated rings. The molecule has 1 N–H and O–H groups in total. The maximum absolute atomic E-state index is 12.9. The molecule has 1 saturated heterocycles. The van der Waals surface area contributed by atoms with Crippen LogP contribution < -0.4 is 10.2 Å². The maximum atomic E-state index is 12.9. The number of nitrogens with zero attached hydrogens (tertiary/aromatic N) is 3. The molecular weight excluding hydrogens is 328 g/mol. The van der Waals surface area contributed by atoms with Crippen molar-refractivity contribution in [2.75, 3.05) is 32.1 Å². The topological polar surface area (TPSA) is 65.5 Å². The largest absolute Gasteiger partial charge is 0.378 e. The van der Waals surface area contributed by atoms with Crippen LogP contribution in [0, 0.1) is 0 Å². The fraction of sp³-hybridized carbons (Fsp3) is 0.350. The zero-order chi connectivity index (χ0) is 18.7. The van der Waals surface area contributed by atoms with E-state index in [2.05, 4.69) is 10.3 Å². The number of rotatable bonds is 4. The summed E-state index contributed by atoms with van der Waals surface area (Å²) in [6, 6.07) is 9.53. The summed E-state index contributed by atoms with van der Waals surface area (Å²) >= 11 is 0. The number of pyridine rings is 1. The number of carbonyl (C=O) groups excluding carboxylic acids is 2. The van der Waals surface area contributed by atoms with Gasteiger partial charge in [0.05, 0.1) is 5.56 Å². The van der Waals surface area contributed by atoms with Crippen LogP contribution in [0.3, 0.4) is 0 Å². The maximum Gasteiger partial charge on any atom is 0.256 e. The third-order valence-electron chi connectivity index (χ3n) is 4.68. The summed E-state index contributed by atoms with van der Waals surface area (Å²) < 4.78 is 0. The number of nitrogens with one attached hydrogen (secondary N) is 1. The van der Waals surface area contributed by atoms with E-state index in [0.29, 0.717) is 25.1 Å². The van der Waals surface area contributed by atoms with Crippen LogP contribution in [0.2, 0.25) is 0 Å². The molecule has 2 amide bonds. The Kier molecular flexibility index (Phi) is 5.21. The van der Waals surface area contributed by atoms with Crippen LogP contribution in [-0.2, 0) is 4.79 Å². The number of amides is 2. The quantitative estimate of drug-likeness (QED) is 0.916. The molecule has 1 aliphatic rings. The number of benzene rings is 1. The molecule has 1 aliphatic heterocycles. The molecule has 0 saturated carbocycles. The molecular formula is C20H24N4O2. The van der Waals surface area contributed by atoms with Gasteiger partial charge in [-0.15, -0.1) is 0 Å². The molecule has 26 heavy (non-hydrogen) atoms. The van der Waals surface area contributed by atoms with Gasteiger partial charge < -0.3 is 15.1 Å². The van der Waals surface area contributed by atoms with Crippen molar-refractivity contribution in [2.24, 2.45) is 0 Å². The highest BCUT2D eigenvalue weighted by molar-refractivity contribution is 5.98. The number of hydrogen-bond acceptors (Lipinski definition) is 4. The van der Waals surface area contributed by atoms with Crippen LogP contribution in [-0.4, -0.2) is 54.9 Å². The summed E-state index contributed by atoms with van der Waals surface area (Å²) in [4.78, 5) is 32.9. The number of hydrogen-bond donors (Lipinski definition) is 1. The summed E-state index contributed by atoms with van der Waals surface area (Å²) in [6.45, 7) is 2.92. The Bertz CT molecular complexity index is 802. The zero-order valence-corrected chi connectivity index (χ0v) is 15.4. The summed E-state index contributed by atoms with van der Waals surface area (Å²) in [7, 11) is 3.99. The van der Waals surface area contributed by atoms with Gasteiger partial charge in [0.25, 0.3) is 5.91 Å². The Morgan fingerprint density at radius 2 is 1.96 bits per heavy atom. The monoisotopic (exact) mass is 352 g/mol. The van der Waals surface area contributed by atoms with Crippen LogP contribution in [0.4, 0.5) is 5.69 Å². The van der Waals surface area contributed by atoms with Gasteiger partial charge in [-0.3, -0.25) is 14.6 Å². The second-order valence-electron chi connectivity index (χ2n) is 6.62. The first-order chi connectivity index (χ1) is 12.5. The molecule has 6 nitrogen and oxygen atoms in total. The lowest BCUT2D eigenvalue weighted by Crippen LogP contribution is -2.56. The molecule has 6 heteroatoms. The fourth-order valence-corrected chi connectivity index (χ4v) is 3.20. The second kappa shape index (κ2) is 7.56. The molecule has 0 radical (unpaired) electrons. The highest BCUT2D eigenvalue weighted by atomic mass is 16.2. The van der Waals surface area contributed by atoms with Gasteiger partial charge in [0, 0.05) is 50.8 Å². The smallest absolute Gasteiger partial charge is 0.256 e. The van der Waals surface area contributed by atoms with E-state index in [1.807, 2.05) is 56.3 Å². The van der Waals surface area contributed by atoms with Gasteiger partial charge in [-0.2, -0.15) is 0 Å². The Labute approximate surface area is 153 Å². The highest BCUT2D eigenvalue weighted by Gasteiger charge is 2.32. The first-order valence-electron chi connectivity index (χ1n) is 8.82. The SMILES string of the molecule is CC[C@@H]1C(=O)NCCN1C(=O)c1cncc(-c2ccc(N(C)C)cc2)c1. The Balaban J connectivity index is 1.86. The minimum absolute atomic E-state index is 0.0875. The van der Waals surface area contributed by atoms with Crippen molar-refractivity contribution in [2.45, 2.75) is 19.4 Å². The average Bonchev–Trinajstić information content (AvgIpc) is 2.67. The molecule has 3 rings (SSSR count). The normalized spacial score (nSPS) is 17.0. The van der Waals surface area contributed by atoms with Crippen molar-refractivity contribution in [1.29, 1.82) is 0 Å². The third kappa shape index (κ3) is 3.54. The Morgan fingerprint density at radius 1 is 1.23 bits per heavy atom. The molecule has 0 bridgehead atoms. The summed E-state index contributed by atoms with van der Waals surface area (Å²) in [5.41, 5.74) is 3.50. The number of piperazine rings is 1. The molecule has 0 aliphatic carbocycles. The van der Waals surface area contributed by atoms with Crippen LogP contribution in [0.1, 0.15) is 23.7 Å². The number of anilines is 1. The molecule has 2 heterocycles. The van der Waals surface area contributed by atoms with Gasteiger partial charge in [-0.05, 0) is 30.2 Å². The first-order valence-corrected chi connectivity index (χ1v) is 8.82. The fourth-order valence-electron chi connectivity index (χ4n) is 3.20. The summed E-state index contributed by atoms with van der Waals surface area (Å²) in [5, 5.41) is 2.82. The van der Waals surface area contributed by atoms with Crippen molar-refractivity contribution in [3.63, 3.8) is 0 Å². The van der Waals surface area contributed by atoms with Crippen molar-refractivity contribution < 1.29 is 9.59 Å². The summed E-state index contributed by atoms with van der Waals surface area (Å²) in [5.74, 6) is -0.235. The third-order valence-corrected chi connectivity index (χ3v) is 4.68. The number of carbonyl (C=O) groups is 2. The van der Waals surface area contributed by atoms with Crippen LogP contribution in [0.15, 0.2) is 42.7 Å². The predicted octanol–water partition coefficient (Wildman–Crippen LogP) is 2.17. The van der Waals surface area contributed by atoms with Gasteiger partial charge in [-0.25, -0.2) is 0 Å². The molecule has 2 aromatic rings. The van der Waals surface area contributed by atoms with E-state index >= 15 is 0 Å². The minimum Gasteiger partial charge on any atom is -0.378 e. The number of aromatic nitrogens is 1.